The number of hydrogen-bond donors (Lipinski definition) is 3. The van der Waals surface area contributed by atoms with Crippen LogP contribution < -0.4 is 16.8 Å². The molecule has 0 aromatic carbocycles. The highest BCUT2D eigenvalue weighted by Gasteiger charge is 2.25. The van der Waals surface area contributed by atoms with Crippen LogP contribution in [0.25, 0.3) is 0 Å². The van der Waals surface area contributed by atoms with E-state index in [0.29, 0.717) is 13.0 Å². The maximum absolute atomic E-state index is 12.0. The molecule has 0 spiro atoms. The average Bonchev–Trinajstić information content (AvgIpc) is 2.38. The van der Waals surface area contributed by atoms with Crippen LogP contribution in [0.3, 0.4) is 0 Å². The van der Waals surface area contributed by atoms with Crippen molar-refractivity contribution in [2.75, 3.05) is 18.1 Å². The minimum absolute atomic E-state index is 0.146. The summed E-state index contributed by atoms with van der Waals surface area (Å²) in [7, 11) is 3.55. The van der Waals surface area contributed by atoms with Crippen molar-refractivity contribution in [1.82, 2.24) is 5.32 Å². The number of hydrogen-bond acceptors (Lipinski definition) is 6. The summed E-state index contributed by atoms with van der Waals surface area (Å²) in [6, 6.07) is 0.146. The lowest BCUT2D eigenvalue weighted by Crippen LogP contribution is -2.45. The van der Waals surface area contributed by atoms with Crippen LogP contribution in [-0.2, 0) is 9.53 Å². The van der Waals surface area contributed by atoms with E-state index in [1.807, 2.05) is 10.8 Å². The largest absolute Gasteiger partial charge is 0.436 e. The molecule has 0 aromatic heterocycles. The number of rotatable bonds is 7. The molecule has 1 rings (SSSR count). The highest BCUT2D eigenvalue weighted by molar-refractivity contribution is 8.76. The van der Waals surface area contributed by atoms with Gasteiger partial charge in [0.25, 0.3) is 5.91 Å². The Kier molecular flexibility index (Phi) is 8.08. The molecule has 1 heterocycles. The molecule has 6 nitrogen and oxygen atoms in total. The molecule has 0 saturated carbocycles. The topological polar surface area (TPSA) is 107 Å². The zero-order chi connectivity index (χ0) is 14.1. The molecule has 0 aliphatic carbocycles. The molecule has 19 heavy (non-hydrogen) atoms. The molecule has 8 heteroatoms. The number of unbranched alkanes of at least 4 members (excludes halogenated alkanes) is 1. The summed E-state index contributed by atoms with van der Waals surface area (Å²) < 4.78 is 4.87. The first kappa shape index (κ1) is 16.5. The predicted octanol–water partition coefficient (Wildman–Crippen LogP) is 0.849. The van der Waals surface area contributed by atoms with E-state index in [9.17, 15) is 9.59 Å². The number of primary amides is 1. The van der Waals surface area contributed by atoms with Gasteiger partial charge in [-0.1, -0.05) is 21.6 Å². The first-order valence-electron chi connectivity index (χ1n) is 6.34. The zero-order valence-corrected chi connectivity index (χ0v) is 12.4. The van der Waals surface area contributed by atoms with Crippen molar-refractivity contribution < 1.29 is 14.3 Å². The lowest BCUT2D eigenvalue weighted by Gasteiger charge is -2.24. The van der Waals surface area contributed by atoms with Crippen molar-refractivity contribution in [2.24, 2.45) is 11.5 Å². The minimum atomic E-state index is -0.915. The Morgan fingerprint density at radius 2 is 2.16 bits per heavy atom. The SMILES string of the molecule is NCCCC[C@H](OC(N)=O)C(=O)NC1CCSSC1. The normalized spacial score (nSPS) is 20.6. The second-order valence-electron chi connectivity index (χ2n) is 4.31. The first-order valence-corrected chi connectivity index (χ1v) is 8.83. The van der Waals surface area contributed by atoms with Crippen molar-refractivity contribution in [2.45, 2.75) is 37.8 Å². The van der Waals surface area contributed by atoms with Crippen LogP contribution in [0.2, 0.25) is 0 Å². The van der Waals surface area contributed by atoms with Gasteiger partial charge in [0.1, 0.15) is 0 Å². The van der Waals surface area contributed by atoms with Crippen molar-refractivity contribution in [3.63, 3.8) is 0 Å². The van der Waals surface area contributed by atoms with Gasteiger partial charge in [-0.05, 0) is 32.2 Å². The molecule has 2 atom stereocenters. The van der Waals surface area contributed by atoms with Crippen LogP contribution in [0.15, 0.2) is 0 Å². The van der Waals surface area contributed by atoms with Crippen LogP contribution in [0.4, 0.5) is 4.79 Å². The lowest BCUT2D eigenvalue weighted by molar-refractivity contribution is -0.130. The Morgan fingerprint density at radius 3 is 2.74 bits per heavy atom. The van der Waals surface area contributed by atoms with E-state index in [-0.39, 0.29) is 11.9 Å². The van der Waals surface area contributed by atoms with Crippen molar-refractivity contribution in [3.8, 4) is 0 Å². The van der Waals surface area contributed by atoms with Crippen molar-refractivity contribution >= 4 is 33.6 Å². The molecule has 110 valence electrons. The average molecular weight is 307 g/mol. The third-order valence-electron chi connectivity index (χ3n) is 2.72. The fourth-order valence-electron chi connectivity index (χ4n) is 1.73. The van der Waals surface area contributed by atoms with Crippen LogP contribution >= 0.6 is 21.6 Å². The van der Waals surface area contributed by atoms with E-state index in [2.05, 4.69) is 5.32 Å². The second kappa shape index (κ2) is 9.33. The van der Waals surface area contributed by atoms with Crippen molar-refractivity contribution in [3.05, 3.63) is 0 Å². The molecule has 1 aliphatic rings. The summed E-state index contributed by atoms with van der Waals surface area (Å²) in [5.41, 5.74) is 10.4. The molecule has 0 radical (unpaired) electrons. The molecule has 1 saturated heterocycles. The molecule has 2 amide bonds. The quantitative estimate of drug-likeness (QED) is 0.475. The third-order valence-corrected chi connectivity index (χ3v) is 5.24. The van der Waals surface area contributed by atoms with Crippen LogP contribution in [0.5, 0.6) is 0 Å². The highest BCUT2D eigenvalue weighted by atomic mass is 33.1. The van der Waals surface area contributed by atoms with E-state index in [0.717, 1.165) is 30.8 Å². The monoisotopic (exact) mass is 307 g/mol. The number of amides is 2. The molecule has 1 fully saturated rings. The Hall–Kier alpha value is -0.600. The Bertz CT molecular complexity index is 299. The third kappa shape index (κ3) is 6.93. The van der Waals surface area contributed by atoms with E-state index < -0.39 is 12.2 Å². The summed E-state index contributed by atoms with van der Waals surface area (Å²) in [4.78, 5) is 22.9. The molecule has 1 unspecified atom stereocenters. The summed E-state index contributed by atoms with van der Waals surface area (Å²) in [5.74, 6) is 1.64. The Labute approximate surface area is 121 Å². The van der Waals surface area contributed by atoms with E-state index in [1.54, 1.807) is 10.8 Å². The number of nitrogens with two attached hydrogens (primary N) is 2. The van der Waals surface area contributed by atoms with Gasteiger partial charge in [0.05, 0.1) is 0 Å². The van der Waals surface area contributed by atoms with Gasteiger partial charge < -0.3 is 21.5 Å². The maximum atomic E-state index is 12.0. The van der Waals surface area contributed by atoms with Gasteiger partial charge in [-0.2, -0.15) is 0 Å². The molecule has 1 aliphatic heterocycles. The van der Waals surface area contributed by atoms with Crippen LogP contribution in [-0.4, -0.2) is 42.2 Å². The van der Waals surface area contributed by atoms with Gasteiger partial charge in [-0.15, -0.1) is 0 Å². The molecule has 0 aromatic rings. The molecule has 0 bridgehead atoms. The maximum Gasteiger partial charge on any atom is 0.405 e. The molecular formula is C11H21N3O3S2. The zero-order valence-electron chi connectivity index (χ0n) is 10.8. The van der Waals surface area contributed by atoms with E-state index in [1.165, 1.54) is 0 Å². The fraction of sp³-hybridized carbons (Fsp3) is 0.818. The summed E-state index contributed by atoms with van der Waals surface area (Å²) in [6.07, 6.45) is 1.21. The summed E-state index contributed by atoms with van der Waals surface area (Å²) >= 11 is 0. The molecule has 5 N–H and O–H groups in total. The van der Waals surface area contributed by atoms with Crippen LogP contribution in [0.1, 0.15) is 25.7 Å². The van der Waals surface area contributed by atoms with Crippen LogP contribution in [0, 0.1) is 0 Å². The second-order valence-corrected chi connectivity index (χ2v) is 6.94. The van der Waals surface area contributed by atoms with Gasteiger partial charge >= 0.3 is 6.09 Å². The summed E-state index contributed by atoms with van der Waals surface area (Å²) in [5, 5.41) is 2.91. The number of carbonyl (C=O) groups is 2. The van der Waals surface area contributed by atoms with Gasteiger partial charge in [-0.3, -0.25) is 4.79 Å². The standard InChI is InChI=1S/C11H21N3O3S2/c12-5-2-1-3-9(17-11(13)16)10(15)14-8-4-6-18-19-7-8/h8-9H,1-7,12H2,(H2,13,16)(H,14,15)/t8?,9-/m0/s1. The minimum Gasteiger partial charge on any atom is -0.436 e. The first-order chi connectivity index (χ1) is 9.13. The number of nitrogens with one attached hydrogen (secondary N) is 1. The summed E-state index contributed by atoms with van der Waals surface area (Å²) in [6.45, 7) is 0.557. The molecular weight excluding hydrogens is 286 g/mol. The highest BCUT2D eigenvalue weighted by Crippen LogP contribution is 2.29. The predicted molar refractivity (Wildman–Crippen MR) is 78.8 cm³/mol. The van der Waals surface area contributed by atoms with E-state index >= 15 is 0 Å². The number of carbonyl (C=O) groups excluding carboxylic acids is 2. The van der Waals surface area contributed by atoms with Gasteiger partial charge in [0.15, 0.2) is 6.10 Å². The Balaban J connectivity index is 2.41. The Morgan fingerprint density at radius 1 is 1.37 bits per heavy atom. The van der Waals surface area contributed by atoms with Gasteiger partial charge in [-0.25, -0.2) is 4.79 Å². The fourth-order valence-corrected chi connectivity index (χ4v) is 4.16. The smallest absolute Gasteiger partial charge is 0.405 e. The van der Waals surface area contributed by atoms with Gasteiger partial charge in [0.2, 0.25) is 0 Å². The number of ether oxygens (including phenoxy) is 1. The lowest BCUT2D eigenvalue weighted by atomic mass is 10.1. The van der Waals surface area contributed by atoms with Crippen molar-refractivity contribution in [1.29, 1.82) is 0 Å². The van der Waals surface area contributed by atoms with Gasteiger partial charge in [0, 0.05) is 17.5 Å². The van der Waals surface area contributed by atoms with E-state index in [4.69, 9.17) is 16.2 Å².